The van der Waals surface area contributed by atoms with Crippen molar-refractivity contribution in [2.45, 2.75) is 37.6 Å². The van der Waals surface area contributed by atoms with E-state index in [4.69, 9.17) is 4.74 Å². The molecule has 128 valence electrons. The second-order valence-corrected chi connectivity index (χ2v) is 7.17. The Hall–Kier alpha value is -1.67. The fourth-order valence-corrected chi connectivity index (χ4v) is 4.10. The maximum atomic E-state index is 13.3. The van der Waals surface area contributed by atoms with Crippen LogP contribution in [0.15, 0.2) is 23.1 Å². The Morgan fingerprint density at radius 3 is 2.65 bits per heavy atom. The van der Waals surface area contributed by atoms with Crippen LogP contribution in [0.1, 0.15) is 25.3 Å². The molecule has 0 aliphatic carbocycles. The molecule has 0 aromatic heterocycles. The summed E-state index contributed by atoms with van der Waals surface area (Å²) in [5.74, 6) is -0.590. The minimum Gasteiger partial charge on any atom is -0.450 e. The number of rotatable bonds is 4. The van der Waals surface area contributed by atoms with Crippen LogP contribution in [0.25, 0.3) is 0 Å². The highest BCUT2D eigenvalue weighted by atomic mass is 32.2. The molecule has 1 N–H and O–H groups in total. The van der Waals surface area contributed by atoms with Gasteiger partial charge in [0.15, 0.2) is 0 Å². The van der Waals surface area contributed by atoms with Crippen molar-refractivity contribution in [3.63, 3.8) is 0 Å². The normalized spacial score (nSPS) is 16.4. The van der Waals surface area contributed by atoms with Crippen LogP contribution in [0.5, 0.6) is 0 Å². The highest BCUT2D eigenvalue weighted by Gasteiger charge is 2.28. The van der Waals surface area contributed by atoms with Crippen LogP contribution in [0.2, 0.25) is 0 Å². The molecule has 0 unspecified atom stereocenters. The number of carbonyl (C=O) groups is 1. The standard InChI is InChI=1S/C15H21FN2O4S/c1-3-22-15(19)18-8-6-13(7-9-18)17-23(20,21)14-10-12(16)5-4-11(14)2/h4-5,10,13,17H,3,6-9H2,1-2H3. The maximum absolute atomic E-state index is 13.3. The number of sulfonamides is 1. The molecule has 0 spiro atoms. The van der Waals surface area contributed by atoms with Gasteiger partial charge in [-0.25, -0.2) is 22.3 Å². The SMILES string of the molecule is CCOC(=O)N1CCC(NS(=O)(=O)c2cc(F)ccc2C)CC1. The Morgan fingerprint density at radius 1 is 1.39 bits per heavy atom. The van der Waals surface area contributed by atoms with Gasteiger partial charge in [0.2, 0.25) is 10.0 Å². The van der Waals surface area contributed by atoms with Crippen molar-refractivity contribution in [1.29, 1.82) is 0 Å². The molecule has 1 aliphatic rings. The number of aryl methyl sites for hydroxylation is 1. The second kappa shape index (κ2) is 7.27. The first kappa shape index (κ1) is 17.7. The lowest BCUT2D eigenvalue weighted by molar-refractivity contribution is 0.0966. The first-order valence-corrected chi connectivity index (χ1v) is 9.02. The van der Waals surface area contributed by atoms with Gasteiger partial charge in [0.05, 0.1) is 11.5 Å². The number of nitrogens with one attached hydrogen (secondary N) is 1. The predicted molar refractivity (Wildman–Crippen MR) is 83.1 cm³/mol. The molecule has 1 fully saturated rings. The molecule has 8 heteroatoms. The number of hydrogen-bond acceptors (Lipinski definition) is 4. The molecule has 2 rings (SSSR count). The first-order valence-electron chi connectivity index (χ1n) is 7.53. The predicted octanol–water partition coefficient (Wildman–Crippen LogP) is 2.03. The van der Waals surface area contributed by atoms with Crippen LogP contribution in [-0.4, -0.2) is 45.1 Å². The van der Waals surface area contributed by atoms with E-state index in [1.54, 1.807) is 18.7 Å². The second-order valence-electron chi connectivity index (χ2n) is 5.49. The third-order valence-corrected chi connectivity index (χ3v) is 5.44. The zero-order chi connectivity index (χ0) is 17.0. The van der Waals surface area contributed by atoms with E-state index in [0.29, 0.717) is 38.1 Å². The number of nitrogens with zero attached hydrogens (tertiary/aromatic N) is 1. The Balaban J connectivity index is 2.00. The lowest BCUT2D eigenvalue weighted by Crippen LogP contribution is -2.46. The van der Waals surface area contributed by atoms with Gasteiger partial charge in [0, 0.05) is 19.1 Å². The molecular formula is C15H21FN2O4S. The van der Waals surface area contributed by atoms with Crippen LogP contribution in [0, 0.1) is 12.7 Å². The van der Waals surface area contributed by atoms with Gasteiger partial charge < -0.3 is 9.64 Å². The molecule has 1 saturated heterocycles. The number of carbonyl (C=O) groups excluding carboxylic acids is 1. The zero-order valence-electron chi connectivity index (χ0n) is 13.2. The minimum absolute atomic E-state index is 0.0506. The molecule has 1 amide bonds. The average Bonchev–Trinajstić information content (AvgIpc) is 2.50. The third-order valence-electron chi connectivity index (χ3n) is 3.78. The van der Waals surface area contributed by atoms with Crippen molar-refractivity contribution in [3.05, 3.63) is 29.6 Å². The number of ether oxygens (including phenoxy) is 1. The van der Waals surface area contributed by atoms with E-state index in [1.165, 1.54) is 12.1 Å². The van der Waals surface area contributed by atoms with E-state index >= 15 is 0 Å². The minimum atomic E-state index is -3.79. The molecule has 6 nitrogen and oxygen atoms in total. The van der Waals surface area contributed by atoms with Crippen molar-refractivity contribution in [2.75, 3.05) is 19.7 Å². The lowest BCUT2D eigenvalue weighted by atomic mass is 10.1. The van der Waals surface area contributed by atoms with Gasteiger partial charge in [-0.3, -0.25) is 0 Å². The number of hydrogen-bond donors (Lipinski definition) is 1. The van der Waals surface area contributed by atoms with Gasteiger partial charge in [0.1, 0.15) is 5.82 Å². The van der Waals surface area contributed by atoms with E-state index in [0.717, 1.165) is 6.07 Å². The van der Waals surface area contributed by atoms with Gasteiger partial charge in [-0.2, -0.15) is 0 Å². The van der Waals surface area contributed by atoms with Crippen molar-refractivity contribution >= 4 is 16.1 Å². The molecule has 0 bridgehead atoms. The fourth-order valence-electron chi connectivity index (χ4n) is 2.54. The number of benzene rings is 1. The summed E-state index contributed by atoms with van der Waals surface area (Å²) < 4.78 is 45.7. The number of likely N-dealkylation sites (tertiary alicyclic amines) is 1. The smallest absolute Gasteiger partial charge is 0.409 e. The fraction of sp³-hybridized carbons (Fsp3) is 0.533. The Labute approximate surface area is 135 Å². The monoisotopic (exact) mass is 344 g/mol. The highest BCUT2D eigenvalue weighted by Crippen LogP contribution is 2.19. The van der Waals surface area contributed by atoms with Crippen molar-refractivity contribution < 1.29 is 22.3 Å². The van der Waals surface area contributed by atoms with Crippen molar-refractivity contribution in [1.82, 2.24) is 9.62 Å². The van der Waals surface area contributed by atoms with Crippen LogP contribution < -0.4 is 4.72 Å². The molecule has 0 radical (unpaired) electrons. The first-order chi connectivity index (χ1) is 10.8. The molecule has 1 heterocycles. The number of amides is 1. The van der Waals surface area contributed by atoms with E-state index in [1.807, 2.05) is 0 Å². The number of piperidine rings is 1. The summed E-state index contributed by atoms with van der Waals surface area (Å²) in [5.41, 5.74) is 0.489. The number of halogens is 1. The van der Waals surface area contributed by atoms with Gasteiger partial charge in [-0.05, 0) is 44.4 Å². The van der Waals surface area contributed by atoms with Crippen molar-refractivity contribution in [3.8, 4) is 0 Å². The largest absolute Gasteiger partial charge is 0.450 e. The van der Waals surface area contributed by atoms with Gasteiger partial charge in [0.25, 0.3) is 0 Å². The summed E-state index contributed by atoms with van der Waals surface area (Å²) >= 11 is 0. The van der Waals surface area contributed by atoms with Gasteiger partial charge in [-0.15, -0.1) is 0 Å². The zero-order valence-corrected chi connectivity index (χ0v) is 14.0. The Morgan fingerprint density at radius 2 is 2.04 bits per heavy atom. The highest BCUT2D eigenvalue weighted by molar-refractivity contribution is 7.89. The van der Waals surface area contributed by atoms with Crippen LogP contribution in [0.4, 0.5) is 9.18 Å². The molecule has 0 atom stereocenters. The Bertz CT molecular complexity index is 670. The lowest BCUT2D eigenvalue weighted by Gasteiger charge is -2.31. The van der Waals surface area contributed by atoms with Crippen molar-refractivity contribution in [2.24, 2.45) is 0 Å². The average molecular weight is 344 g/mol. The molecule has 0 saturated carbocycles. The van der Waals surface area contributed by atoms with E-state index in [2.05, 4.69) is 4.72 Å². The quantitative estimate of drug-likeness (QED) is 0.907. The maximum Gasteiger partial charge on any atom is 0.409 e. The topological polar surface area (TPSA) is 75.7 Å². The summed E-state index contributed by atoms with van der Waals surface area (Å²) in [5, 5.41) is 0. The summed E-state index contributed by atoms with van der Waals surface area (Å²) in [6, 6.07) is 3.40. The molecule has 23 heavy (non-hydrogen) atoms. The summed E-state index contributed by atoms with van der Waals surface area (Å²) in [7, 11) is -3.79. The molecule has 1 aromatic carbocycles. The van der Waals surface area contributed by atoms with Gasteiger partial charge >= 0.3 is 6.09 Å². The van der Waals surface area contributed by atoms with Crippen LogP contribution >= 0.6 is 0 Å². The third kappa shape index (κ3) is 4.42. The van der Waals surface area contributed by atoms with Crippen LogP contribution in [0.3, 0.4) is 0 Å². The summed E-state index contributed by atoms with van der Waals surface area (Å²) in [6.07, 6.45) is 0.605. The summed E-state index contributed by atoms with van der Waals surface area (Å²) in [6.45, 7) is 4.52. The molecule has 1 aromatic rings. The van der Waals surface area contributed by atoms with E-state index < -0.39 is 15.8 Å². The molecule has 1 aliphatic heterocycles. The van der Waals surface area contributed by atoms with E-state index in [-0.39, 0.29) is 17.0 Å². The van der Waals surface area contributed by atoms with E-state index in [9.17, 15) is 17.6 Å². The van der Waals surface area contributed by atoms with Gasteiger partial charge in [-0.1, -0.05) is 6.07 Å². The van der Waals surface area contributed by atoms with Crippen LogP contribution in [-0.2, 0) is 14.8 Å². The molecular weight excluding hydrogens is 323 g/mol. The Kier molecular flexibility index (Phi) is 5.59. The summed E-state index contributed by atoms with van der Waals surface area (Å²) in [4.78, 5) is 13.1.